The molecule has 2 N–H and O–H groups in total. The number of carbonyl (C=O) groups is 1. The zero-order chi connectivity index (χ0) is 13.0. The highest BCUT2D eigenvalue weighted by Crippen LogP contribution is 2.14. The first-order valence-electron chi connectivity index (χ1n) is 5.99. The molecule has 1 aromatic rings. The molecule has 98 valence electrons. The second kappa shape index (κ2) is 5.84. The van der Waals surface area contributed by atoms with Crippen molar-refractivity contribution in [3.8, 4) is 5.75 Å². The van der Waals surface area contributed by atoms with E-state index in [9.17, 15) is 4.79 Å². The van der Waals surface area contributed by atoms with Crippen LogP contribution in [0.25, 0.3) is 0 Å². The van der Waals surface area contributed by atoms with Crippen LogP contribution in [0, 0.1) is 0 Å². The fourth-order valence-corrected chi connectivity index (χ4v) is 1.96. The molecular weight excluding hydrogens is 232 g/mol. The summed E-state index contributed by atoms with van der Waals surface area (Å²) in [5.41, 5.74) is 6.22. The minimum absolute atomic E-state index is 0.0133. The number of hydrogen-bond acceptors (Lipinski definition) is 4. The molecule has 1 atom stereocenters. The molecule has 1 aliphatic heterocycles. The average Bonchev–Trinajstić information content (AvgIpc) is 2.46. The molecule has 1 amide bonds. The molecule has 0 bridgehead atoms. The van der Waals surface area contributed by atoms with Gasteiger partial charge in [0.1, 0.15) is 5.75 Å². The van der Waals surface area contributed by atoms with E-state index in [4.69, 9.17) is 15.2 Å². The number of nitrogens with two attached hydrogens (primary N) is 1. The quantitative estimate of drug-likeness (QED) is 0.848. The highest BCUT2D eigenvalue weighted by atomic mass is 16.5. The number of hydrogen-bond donors (Lipinski definition) is 1. The minimum Gasteiger partial charge on any atom is -0.497 e. The van der Waals surface area contributed by atoms with Gasteiger partial charge in [0.15, 0.2) is 0 Å². The monoisotopic (exact) mass is 250 g/mol. The fraction of sp³-hybridized carbons (Fsp3) is 0.462. The van der Waals surface area contributed by atoms with Crippen LogP contribution in [0.15, 0.2) is 24.3 Å². The number of methoxy groups -OCH3 is 1. The van der Waals surface area contributed by atoms with Gasteiger partial charge in [0.2, 0.25) is 0 Å². The van der Waals surface area contributed by atoms with E-state index in [0.717, 1.165) is 5.75 Å². The number of ether oxygens (including phenoxy) is 2. The van der Waals surface area contributed by atoms with Gasteiger partial charge in [0, 0.05) is 25.2 Å². The van der Waals surface area contributed by atoms with Crippen LogP contribution in [-0.2, 0) is 4.74 Å². The Morgan fingerprint density at radius 1 is 1.50 bits per heavy atom. The van der Waals surface area contributed by atoms with E-state index in [2.05, 4.69) is 0 Å². The topological polar surface area (TPSA) is 64.8 Å². The van der Waals surface area contributed by atoms with Crippen LogP contribution >= 0.6 is 0 Å². The van der Waals surface area contributed by atoms with Gasteiger partial charge in [-0.25, -0.2) is 0 Å². The summed E-state index contributed by atoms with van der Waals surface area (Å²) in [5, 5.41) is 0. The smallest absolute Gasteiger partial charge is 0.254 e. The normalized spacial score (nSPS) is 19.7. The third-order valence-corrected chi connectivity index (χ3v) is 3.03. The SMILES string of the molecule is COc1ccc(C(=O)N2CCO[C@@H](CN)C2)cc1. The van der Waals surface area contributed by atoms with Crippen LogP contribution in [0.2, 0.25) is 0 Å². The summed E-state index contributed by atoms with van der Waals surface area (Å²) in [6, 6.07) is 7.12. The average molecular weight is 250 g/mol. The Hall–Kier alpha value is -1.59. The first-order chi connectivity index (χ1) is 8.74. The number of nitrogens with zero attached hydrogens (tertiary/aromatic N) is 1. The standard InChI is InChI=1S/C13H18N2O3/c1-17-11-4-2-10(3-5-11)13(16)15-6-7-18-12(8-14)9-15/h2-5,12H,6-9,14H2,1H3/t12-/m0/s1. The van der Waals surface area contributed by atoms with Crippen molar-refractivity contribution >= 4 is 5.91 Å². The van der Waals surface area contributed by atoms with Crippen LogP contribution in [0.4, 0.5) is 0 Å². The number of amides is 1. The molecule has 0 radical (unpaired) electrons. The van der Waals surface area contributed by atoms with E-state index >= 15 is 0 Å². The predicted octanol–water partition coefficient (Wildman–Crippen LogP) is 0.495. The second-order valence-electron chi connectivity index (χ2n) is 4.21. The molecule has 5 nitrogen and oxygen atoms in total. The molecule has 0 saturated carbocycles. The Morgan fingerprint density at radius 2 is 2.22 bits per heavy atom. The van der Waals surface area contributed by atoms with Crippen molar-refractivity contribution in [2.45, 2.75) is 6.10 Å². The van der Waals surface area contributed by atoms with E-state index < -0.39 is 0 Å². The summed E-state index contributed by atoms with van der Waals surface area (Å²) in [7, 11) is 1.60. The maximum absolute atomic E-state index is 12.2. The number of morpholine rings is 1. The van der Waals surface area contributed by atoms with Gasteiger partial charge in [-0.3, -0.25) is 4.79 Å². The highest BCUT2D eigenvalue weighted by Gasteiger charge is 2.23. The Kier molecular flexibility index (Phi) is 4.17. The van der Waals surface area contributed by atoms with Crippen molar-refractivity contribution in [3.63, 3.8) is 0 Å². The lowest BCUT2D eigenvalue weighted by Crippen LogP contribution is -2.48. The van der Waals surface area contributed by atoms with Gasteiger partial charge in [-0.05, 0) is 24.3 Å². The van der Waals surface area contributed by atoms with Gasteiger partial charge in [0.25, 0.3) is 5.91 Å². The molecule has 0 aliphatic carbocycles. The molecule has 2 rings (SSSR count). The molecule has 0 unspecified atom stereocenters. The van der Waals surface area contributed by atoms with Crippen LogP contribution in [0.1, 0.15) is 10.4 Å². The van der Waals surface area contributed by atoms with Crippen LogP contribution in [0.5, 0.6) is 5.75 Å². The number of benzene rings is 1. The lowest BCUT2D eigenvalue weighted by atomic mass is 10.1. The zero-order valence-electron chi connectivity index (χ0n) is 10.5. The second-order valence-corrected chi connectivity index (χ2v) is 4.21. The van der Waals surface area contributed by atoms with Crippen LogP contribution in [-0.4, -0.2) is 50.3 Å². The van der Waals surface area contributed by atoms with Gasteiger partial charge in [-0.15, -0.1) is 0 Å². The van der Waals surface area contributed by atoms with E-state index in [1.165, 1.54) is 0 Å². The zero-order valence-corrected chi connectivity index (χ0v) is 10.5. The van der Waals surface area contributed by atoms with Crippen LogP contribution < -0.4 is 10.5 Å². The van der Waals surface area contributed by atoms with Crippen LogP contribution in [0.3, 0.4) is 0 Å². The largest absolute Gasteiger partial charge is 0.497 e. The first-order valence-corrected chi connectivity index (χ1v) is 5.99. The Balaban J connectivity index is 2.05. The minimum atomic E-state index is -0.0547. The fourth-order valence-electron chi connectivity index (χ4n) is 1.96. The van der Waals surface area contributed by atoms with Gasteiger partial charge in [-0.1, -0.05) is 0 Å². The van der Waals surface area contributed by atoms with E-state index in [0.29, 0.717) is 31.8 Å². The van der Waals surface area contributed by atoms with Crippen molar-refractivity contribution in [1.29, 1.82) is 0 Å². The van der Waals surface area contributed by atoms with Gasteiger partial charge in [0.05, 0.1) is 19.8 Å². The predicted molar refractivity (Wildman–Crippen MR) is 67.7 cm³/mol. The van der Waals surface area contributed by atoms with E-state index in [-0.39, 0.29) is 12.0 Å². The number of rotatable bonds is 3. The molecule has 1 aromatic carbocycles. The molecule has 0 aromatic heterocycles. The first kappa shape index (κ1) is 12.9. The van der Waals surface area contributed by atoms with Gasteiger partial charge >= 0.3 is 0 Å². The molecule has 1 aliphatic rings. The molecular formula is C13H18N2O3. The Morgan fingerprint density at radius 3 is 2.83 bits per heavy atom. The van der Waals surface area contributed by atoms with Crippen molar-refractivity contribution in [2.24, 2.45) is 5.73 Å². The molecule has 5 heteroatoms. The van der Waals surface area contributed by atoms with Crippen molar-refractivity contribution in [1.82, 2.24) is 4.90 Å². The third kappa shape index (κ3) is 2.80. The molecule has 18 heavy (non-hydrogen) atoms. The molecule has 0 spiro atoms. The molecule has 1 heterocycles. The van der Waals surface area contributed by atoms with Gasteiger partial charge in [-0.2, -0.15) is 0 Å². The summed E-state index contributed by atoms with van der Waals surface area (Å²) in [6.45, 7) is 2.15. The third-order valence-electron chi connectivity index (χ3n) is 3.03. The summed E-state index contributed by atoms with van der Waals surface area (Å²) >= 11 is 0. The molecule has 1 fully saturated rings. The van der Waals surface area contributed by atoms with Crippen molar-refractivity contribution < 1.29 is 14.3 Å². The van der Waals surface area contributed by atoms with E-state index in [1.807, 2.05) is 0 Å². The van der Waals surface area contributed by atoms with E-state index in [1.54, 1.807) is 36.3 Å². The molecule has 1 saturated heterocycles. The Labute approximate surface area is 106 Å². The van der Waals surface area contributed by atoms with Crippen molar-refractivity contribution in [3.05, 3.63) is 29.8 Å². The summed E-state index contributed by atoms with van der Waals surface area (Å²) in [5.74, 6) is 0.757. The highest BCUT2D eigenvalue weighted by molar-refractivity contribution is 5.94. The number of carbonyl (C=O) groups excluding carboxylic acids is 1. The van der Waals surface area contributed by atoms with Crippen molar-refractivity contribution in [2.75, 3.05) is 33.4 Å². The summed E-state index contributed by atoms with van der Waals surface area (Å²) < 4.78 is 10.5. The maximum Gasteiger partial charge on any atom is 0.254 e. The van der Waals surface area contributed by atoms with Gasteiger partial charge < -0.3 is 20.1 Å². The lowest BCUT2D eigenvalue weighted by Gasteiger charge is -2.32. The Bertz CT molecular complexity index is 405. The maximum atomic E-state index is 12.2. The summed E-state index contributed by atoms with van der Waals surface area (Å²) in [4.78, 5) is 14.0. The summed E-state index contributed by atoms with van der Waals surface area (Å²) in [6.07, 6.45) is -0.0547. The lowest BCUT2D eigenvalue weighted by molar-refractivity contribution is -0.0167.